The van der Waals surface area contributed by atoms with Crippen molar-refractivity contribution in [3.05, 3.63) is 47.2 Å². The number of hydrogen-bond donors (Lipinski definition) is 2. The summed E-state index contributed by atoms with van der Waals surface area (Å²) >= 11 is 0. The topological polar surface area (TPSA) is 86.6 Å². The number of halogens is 3. The lowest BCUT2D eigenvalue weighted by atomic mass is 9.84. The van der Waals surface area contributed by atoms with Crippen LogP contribution in [0.15, 0.2) is 24.3 Å². The van der Waals surface area contributed by atoms with E-state index in [1.165, 1.54) is 24.3 Å². The maximum absolute atomic E-state index is 17.3. The average molecular weight is 667 g/mol. The standard InChI is InChI=1S/C38H37F3N6O2/c1-2-24-27(40)8-6-20-12-23(48)13-26(30(20)24)33-32(41)34-31-29(43-33)14-25(19-4-5-19)35-28-9-7-22(42-28)17-47(35)36(31)45-37(44-34)49-18-38-10-3-11-46(38)16-21(39)15-38/h1,6,8,12-13,19,21-22,25,28,35,42,48H,3-5,7,9-11,14-18H2/t21-,22-,25?,28+,35-,38+/m1/s1. The summed E-state index contributed by atoms with van der Waals surface area (Å²) in [4.78, 5) is 19.4. The van der Waals surface area contributed by atoms with E-state index >= 15 is 8.78 Å². The molecular formula is C38H37F3N6O2. The molecule has 0 amide bonds. The predicted molar refractivity (Wildman–Crippen MR) is 179 cm³/mol. The molecule has 7 heterocycles. The summed E-state index contributed by atoms with van der Waals surface area (Å²) in [6.45, 7) is 2.17. The van der Waals surface area contributed by atoms with Crippen LogP contribution in [-0.4, -0.2) is 81.0 Å². The Labute approximate surface area is 282 Å². The Balaban J connectivity index is 1.20. The van der Waals surface area contributed by atoms with Gasteiger partial charge in [0.25, 0.3) is 0 Å². The van der Waals surface area contributed by atoms with E-state index in [0.29, 0.717) is 59.0 Å². The zero-order valence-corrected chi connectivity index (χ0v) is 27.1. The van der Waals surface area contributed by atoms with E-state index in [0.717, 1.165) is 51.6 Å². The van der Waals surface area contributed by atoms with Crippen LogP contribution in [0.5, 0.6) is 11.8 Å². The number of fused-ring (bicyclic) bond motifs is 7. The zero-order chi connectivity index (χ0) is 33.2. The van der Waals surface area contributed by atoms with Crippen molar-refractivity contribution >= 4 is 27.5 Å². The normalized spacial score (nSPS) is 30.4. The number of hydrogen-bond acceptors (Lipinski definition) is 8. The molecule has 2 aromatic carbocycles. The number of rotatable bonds is 5. The first-order valence-electron chi connectivity index (χ1n) is 17.7. The quantitative estimate of drug-likeness (QED) is 0.264. The summed E-state index contributed by atoms with van der Waals surface area (Å²) < 4.78 is 53.5. The summed E-state index contributed by atoms with van der Waals surface area (Å²) in [5, 5.41) is 16.0. The van der Waals surface area contributed by atoms with E-state index in [1.807, 2.05) is 0 Å². The Morgan fingerprint density at radius 1 is 1.08 bits per heavy atom. The maximum atomic E-state index is 17.3. The van der Waals surface area contributed by atoms with Crippen LogP contribution >= 0.6 is 0 Å². The molecule has 11 heteroatoms. The second-order valence-electron chi connectivity index (χ2n) is 15.2. The molecule has 1 unspecified atom stereocenters. The highest BCUT2D eigenvalue weighted by Crippen LogP contribution is 2.50. The minimum absolute atomic E-state index is 0.0229. The Morgan fingerprint density at radius 2 is 1.96 bits per heavy atom. The fraction of sp³-hybridized carbons (Fsp3) is 0.500. The Morgan fingerprint density at radius 3 is 2.80 bits per heavy atom. The van der Waals surface area contributed by atoms with Crippen molar-refractivity contribution in [1.82, 2.24) is 25.2 Å². The van der Waals surface area contributed by atoms with E-state index in [-0.39, 0.29) is 58.7 Å². The van der Waals surface area contributed by atoms with E-state index in [2.05, 4.69) is 21.0 Å². The van der Waals surface area contributed by atoms with Gasteiger partial charge in [-0.05, 0) is 86.9 Å². The lowest BCUT2D eigenvalue weighted by Gasteiger charge is -2.45. The number of terminal acetylenes is 1. The number of phenols is 1. The molecule has 252 valence electrons. The smallest absolute Gasteiger partial charge is 0.319 e. The maximum Gasteiger partial charge on any atom is 0.319 e. The molecular weight excluding hydrogens is 629 g/mol. The van der Waals surface area contributed by atoms with Gasteiger partial charge >= 0.3 is 6.01 Å². The molecule has 49 heavy (non-hydrogen) atoms. The molecule has 6 aliphatic rings. The minimum atomic E-state index is -0.911. The lowest BCUT2D eigenvalue weighted by Crippen LogP contribution is -2.61. The molecule has 0 spiro atoms. The molecule has 6 atom stereocenters. The Kier molecular flexibility index (Phi) is 6.48. The number of ether oxygens (including phenoxy) is 1. The number of pyridine rings is 1. The van der Waals surface area contributed by atoms with E-state index in [9.17, 15) is 9.50 Å². The van der Waals surface area contributed by atoms with Crippen LogP contribution in [0.3, 0.4) is 0 Å². The van der Waals surface area contributed by atoms with E-state index in [4.69, 9.17) is 26.1 Å². The lowest BCUT2D eigenvalue weighted by molar-refractivity contribution is 0.107. The molecule has 2 aromatic heterocycles. The summed E-state index contributed by atoms with van der Waals surface area (Å²) in [6, 6.07) is 6.44. The minimum Gasteiger partial charge on any atom is -0.508 e. The summed E-state index contributed by atoms with van der Waals surface area (Å²) in [7, 11) is 0. The van der Waals surface area contributed by atoms with Gasteiger partial charge in [0.1, 0.15) is 41.4 Å². The van der Waals surface area contributed by atoms with Gasteiger partial charge in [-0.3, -0.25) is 4.90 Å². The van der Waals surface area contributed by atoms with Crippen LogP contribution in [0, 0.1) is 35.8 Å². The number of benzene rings is 2. The van der Waals surface area contributed by atoms with E-state index < -0.39 is 23.3 Å². The van der Waals surface area contributed by atoms with Crippen LogP contribution in [0.1, 0.15) is 56.2 Å². The molecule has 1 aliphatic carbocycles. The number of aromatic hydroxyl groups is 1. The van der Waals surface area contributed by atoms with Gasteiger partial charge in [0, 0.05) is 48.6 Å². The molecule has 8 nitrogen and oxygen atoms in total. The number of phenolic OH excluding ortho intramolecular Hbond substituents is 1. The number of nitrogens with one attached hydrogen (secondary N) is 1. The van der Waals surface area contributed by atoms with Crippen molar-refractivity contribution in [2.24, 2.45) is 11.8 Å². The highest BCUT2D eigenvalue weighted by molar-refractivity contribution is 6.03. The third-order valence-corrected chi connectivity index (χ3v) is 12.3. The molecule has 1 saturated carbocycles. The number of nitrogens with zero attached hydrogens (tertiary/aromatic N) is 5. The summed E-state index contributed by atoms with van der Waals surface area (Å²) in [5.41, 5.74) is 0.459. The third-order valence-electron chi connectivity index (χ3n) is 12.3. The molecule has 2 bridgehead atoms. The summed E-state index contributed by atoms with van der Waals surface area (Å²) in [6.07, 6.45) is 12.1. The van der Waals surface area contributed by atoms with Gasteiger partial charge in [-0.25, -0.2) is 18.2 Å². The molecule has 5 fully saturated rings. The van der Waals surface area contributed by atoms with Gasteiger partial charge in [0.05, 0.1) is 22.2 Å². The predicted octanol–water partition coefficient (Wildman–Crippen LogP) is 5.66. The number of aromatic nitrogens is 3. The number of anilines is 1. The van der Waals surface area contributed by atoms with Gasteiger partial charge in [-0.15, -0.1) is 6.42 Å². The first-order valence-corrected chi connectivity index (χ1v) is 17.7. The van der Waals surface area contributed by atoms with Crippen LogP contribution in [0.2, 0.25) is 0 Å². The van der Waals surface area contributed by atoms with Crippen molar-refractivity contribution in [2.75, 3.05) is 31.1 Å². The van der Waals surface area contributed by atoms with Gasteiger partial charge in [0.15, 0.2) is 5.82 Å². The molecule has 10 rings (SSSR count). The van der Waals surface area contributed by atoms with Crippen molar-refractivity contribution in [2.45, 2.75) is 81.2 Å². The fourth-order valence-corrected chi connectivity index (χ4v) is 10.1. The second-order valence-corrected chi connectivity index (χ2v) is 15.2. The first kappa shape index (κ1) is 29.7. The number of alkyl halides is 1. The van der Waals surface area contributed by atoms with Crippen LogP contribution < -0.4 is 15.0 Å². The third kappa shape index (κ3) is 4.49. The van der Waals surface area contributed by atoms with Crippen molar-refractivity contribution < 1.29 is 23.0 Å². The van der Waals surface area contributed by atoms with Gasteiger partial charge < -0.3 is 20.1 Å². The van der Waals surface area contributed by atoms with Gasteiger partial charge in [0.2, 0.25) is 0 Å². The van der Waals surface area contributed by atoms with Crippen molar-refractivity contribution in [1.29, 1.82) is 0 Å². The van der Waals surface area contributed by atoms with Crippen LogP contribution in [0.25, 0.3) is 32.9 Å². The molecule has 5 aliphatic heterocycles. The Hall–Kier alpha value is -4.14. The van der Waals surface area contributed by atoms with Gasteiger partial charge in [-0.1, -0.05) is 12.0 Å². The highest BCUT2D eigenvalue weighted by Gasteiger charge is 2.52. The summed E-state index contributed by atoms with van der Waals surface area (Å²) in [5.74, 6) is 2.40. The van der Waals surface area contributed by atoms with Crippen LogP contribution in [-0.2, 0) is 6.42 Å². The molecule has 0 radical (unpaired) electrons. The van der Waals surface area contributed by atoms with E-state index in [1.54, 1.807) is 0 Å². The monoisotopic (exact) mass is 666 g/mol. The zero-order valence-electron chi connectivity index (χ0n) is 27.1. The highest BCUT2D eigenvalue weighted by atomic mass is 19.1. The average Bonchev–Trinajstić information content (AvgIpc) is 3.69. The molecule has 2 N–H and O–H groups in total. The first-order chi connectivity index (χ1) is 23.8. The SMILES string of the molecule is C#Cc1c(F)ccc2cc(O)cc(-c3nc4c5c(nc(OC[C@@]67CCCN6C[C@H](F)C7)nc5c3F)N3C[C@H]5CC[C@H](N5)[C@H]3C(C3CC3)C4)c12. The largest absolute Gasteiger partial charge is 0.508 e. The molecule has 4 saturated heterocycles. The number of piperazine rings is 1. The van der Waals surface area contributed by atoms with Crippen molar-refractivity contribution in [3.63, 3.8) is 0 Å². The molecule has 4 aromatic rings. The van der Waals surface area contributed by atoms with Crippen LogP contribution in [0.4, 0.5) is 19.0 Å². The van der Waals surface area contributed by atoms with Gasteiger partial charge in [-0.2, -0.15) is 9.97 Å². The fourth-order valence-electron chi connectivity index (χ4n) is 10.1. The second kappa shape index (κ2) is 10.7. The Bertz CT molecular complexity index is 2100. The van der Waals surface area contributed by atoms with Crippen molar-refractivity contribution in [3.8, 4) is 35.4 Å².